The lowest BCUT2D eigenvalue weighted by molar-refractivity contribution is -0.122. The van der Waals surface area contributed by atoms with Gasteiger partial charge in [-0.15, -0.1) is 0 Å². The minimum absolute atomic E-state index is 0.115. The van der Waals surface area contributed by atoms with Crippen molar-refractivity contribution < 1.29 is 9.59 Å². The summed E-state index contributed by atoms with van der Waals surface area (Å²) in [6.45, 7) is 8.05. The molecule has 0 fully saturated rings. The van der Waals surface area contributed by atoms with E-state index in [1.165, 1.54) is 4.57 Å². The fourth-order valence-corrected chi connectivity index (χ4v) is 3.94. The van der Waals surface area contributed by atoms with E-state index in [1.807, 2.05) is 26.0 Å². The maximum atomic E-state index is 13.0. The predicted molar refractivity (Wildman–Crippen MR) is 121 cm³/mol. The SMILES string of the molecule is CC[C@H](C)CC1Cc2cc(C)n(CC(=O)NCc3ccc(N)nc3C)c(=O)c2NC1=O. The Bertz CT molecular complexity index is 1060. The van der Waals surface area contributed by atoms with Crippen LogP contribution in [-0.4, -0.2) is 21.4 Å². The zero-order valence-corrected chi connectivity index (χ0v) is 18.6. The second kappa shape index (κ2) is 9.32. The lowest BCUT2D eigenvalue weighted by Gasteiger charge is -2.27. The largest absolute Gasteiger partial charge is 0.384 e. The average molecular weight is 426 g/mol. The Morgan fingerprint density at radius 1 is 1.35 bits per heavy atom. The van der Waals surface area contributed by atoms with Crippen LogP contribution >= 0.6 is 0 Å². The minimum Gasteiger partial charge on any atom is -0.384 e. The standard InChI is InChI=1S/C23H31N5O3/c1-5-13(2)8-18-10-17-9-14(3)28(23(31)21(17)27-22(18)30)12-20(29)25-11-16-6-7-19(24)26-15(16)4/h6-7,9,13,18H,5,8,10-12H2,1-4H3,(H2,24,26)(H,25,29)(H,27,30)/t13-,18?/m0/s1. The van der Waals surface area contributed by atoms with Gasteiger partial charge in [0.1, 0.15) is 18.1 Å². The van der Waals surface area contributed by atoms with E-state index in [4.69, 9.17) is 5.73 Å². The van der Waals surface area contributed by atoms with E-state index in [0.717, 1.165) is 29.7 Å². The summed E-state index contributed by atoms with van der Waals surface area (Å²) in [5.74, 6) is 0.339. The molecule has 3 rings (SSSR count). The van der Waals surface area contributed by atoms with Crippen LogP contribution in [0, 0.1) is 25.7 Å². The highest BCUT2D eigenvalue weighted by molar-refractivity contribution is 5.95. The number of amides is 2. The first-order valence-corrected chi connectivity index (χ1v) is 10.7. The summed E-state index contributed by atoms with van der Waals surface area (Å²) in [5.41, 5.74) is 8.75. The highest BCUT2D eigenvalue weighted by Gasteiger charge is 2.30. The molecule has 166 valence electrons. The Labute approximate surface area is 182 Å². The molecule has 3 heterocycles. The molecule has 0 spiro atoms. The molecular formula is C23H31N5O3. The molecule has 0 saturated carbocycles. The van der Waals surface area contributed by atoms with Crippen molar-refractivity contribution in [3.8, 4) is 0 Å². The molecule has 8 nitrogen and oxygen atoms in total. The van der Waals surface area contributed by atoms with Gasteiger partial charge in [0.15, 0.2) is 0 Å². The number of aromatic nitrogens is 2. The second-order valence-corrected chi connectivity index (χ2v) is 8.47. The molecule has 1 aliphatic heterocycles. The first kappa shape index (κ1) is 22.5. The Morgan fingerprint density at radius 3 is 2.77 bits per heavy atom. The van der Waals surface area contributed by atoms with E-state index in [-0.39, 0.29) is 29.8 Å². The number of carbonyl (C=O) groups is 2. The van der Waals surface area contributed by atoms with E-state index in [9.17, 15) is 14.4 Å². The number of nitrogens with two attached hydrogens (primary N) is 1. The van der Waals surface area contributed by atoms with E-state index < -0.39 is 0 Å². The van der Waals surface area contributed by atoms with Crippen molar-refractivity contribution in [2.75, 3.05) is 11.1 Å². The molecule has 1 aliphatic rings. The first-order valence-electron chi connectivity index (χ1n) is 10.7. The Balaban J connectivity index is 1.73. The van der Waals surface area contributed by atoms with E-state index in [0.29, 0.717) is 36.1 Å². The van der Waals surface area contributed by atoms with Crippen LogP contribution in [0.1, 0.15) is 49.2 Å². The van der Waals surface area contributed by atoms with Crippen LogP contribution in [0.15, 0.2) is 23.0 Å². The first-order chi connectivity index (χ1) is 14.7. The smallest absolute Gasteiger partial charge is 0.275 e. The molecule has 2 aromatic heterocycles. The van der Waals surface area contributed by atoms with Crippen molar-refractivity contribution >= 4 is 23.3 Å². The summed E-state index contributed by atoms with van der Waals surface area (Å²) in [5, 5.41) is 5.61. The van der Waals surface area contributed by atoms with Crippen LogP contribution in [0.25, 0.3) is 0 Å². The van der Waals surface area contributed by atoms with Crippen molar-refractivity contribution in [1.29, 1.82) is 0 Å². The van der Waals surface area contributed by atoms with Crippen LogP contribution < -0.4 is 21.9 Å². The van der Waals surface area contributed by atoms with Gasteiger partial charge in [0, 0.05) is 23.9 Å². The number of hydrogen-bond donors (Lipinski definition) is 3. The highest BCUT2D eigenvalue weighted by Crippen LogP contribution is 2.28. The van der Waals surface area contributed by atoms with Crippen molar-refractivity contribution in [2.24, 2.45) is 11.8 Å². The van der Waals surface area contributed by atoms with Crippen LogP contribution in [-0.2, 0) is 29.1 Å². The summed E-state index contributed by atoms with van der Waals surface area (Å²) in [7, 11) is 0. The molecule has 2 atom stereocenters. The number of nitrogen functional groups attached to an aromatic ring is 1. The van der Waals surface area contributed by atoms with Crippen molar-refractivity contribution in [1.82, 2.24) is 14.9 Å². The van der Waals surface area contributed by atoms with Crippen molar-refractivity contribution in [2.45, 2.75) is 60.0 Å². The predicted octanol–water partition coefficient (Wildman–Crippen LogP) is 2.31. The summed E-state index contributed by atoms with van der Waals surface area (Å²) in [6.07, 6.45) is 2.36. The van der Waals surface area contributed by atoms with Gasteiger partial charge in [0.05, 0.1) is 0 Å². The van der Waals surface area contributed by atoms with Crippen LogP contribution in [0.2, 0.25) is 0 Å². The summed E-state index contributed by atoms with van der Waals surface area (Å²) in [6, 6.07) is 5.41. The zero-order valence-electron chi connectivity index (χ0n) is 18.6. The van der Waals surface area contributed by atoms with Crippen molar-refractivity contribution in [3.63, 3.8) is 0 Å². The maximum Gasteiger partial charge on any atom is 0.275 e. The number of carbonyl (C=O) groups excluding carboxylic acids is 2. The van der Waals surface area contributed by atoms with Crippen LogP contribution in [0.4, 0.5) is 11.5 Å². The number of anilines is 2. The third-order valence-electron chi connectivity index (χ3n) is 6.05. The van der Waals surface area contributed by atoms with Crippen LogP contribution in [0.5, 0.6) is 0 Å². The van der Waals surface area contributed by atoms with Gasteiger partial charge in [-0.05, 0) is 55.9 Å². The maximum absolute atomic E-state index is 13.0. The topological polar surface area (TPSA) is 119 Å². The summed E-state index contributed by atoms with van der Waals surface area (Å²) < 4.78 is 1.40. The number of nitrogens with one attached hydrogen (secondary N) is 2. The van der Waals surface area contributed by atoms with Gasteiger partial charge in [0.25, 0.3) is 5.56 Å². The normalized spacial score (nSPS) is 16.4. The molecule has 4 N–H and O–H groups in total. The van der Waals surface area contributed by atoms with Gasteiger partial charge in [-0.2, -0.15) is 0 Å². The van der Waals surface area contributed by atoms with Gasteiger partial charge in [-0.1, -0.05) is 26.3 Å². The van der Waals surface area contributed by atoms with Gasteiger partial charge in [-0.25, -0.2) is 4.98 Å². The summed E-state index contributed by atoms with van der Waals surface area (Å²) >= 11 is 0. The molecule has 0 radical (unpaired) electrons. The van der Waals surface area contributed by atoms with Crippen LogP contribution in [0.3, 0.4) is 0 Å². The number of hydrogen-bond acceptors (Lipinski definition) is 5. The molecule has 0 saturated heterocycles. The van der Waals surface area contributed by atoms with E-state index in [1.54, 1.807) is 6.07 Å². The molecule has 0 aromatic carbocycles. The lowest BCUT2D eigenvalue weighted by atomic mass is 9.85. The molecule has 8 heteroatoms. The molecule has 2 aromatic rings. The number of aryl methyl sites for hydroxylation is 2. The number of pyridine rings is 2. The molecule has 31 heavy (non-hydrogen) atoms. The fourth-order valence-electron chi connectivity index (χ4n) is 3.94. The second-order valence-electron chi connectivity index (χ2n) is 8.47. The highest BCUT2D eigenvalue weighted by atomic mass is 16.2. The number of rotatable bonds is 7. The Hall–Kier alpha value is -3.16. The Kier molecular flexibility index (Phi) is 6.77. The number of nitrogens with zero attached hydrogens (tertiary/aromatic N) is 2. The Morgan fingerprint density at radius 2 is 2.10 bits per heavy atom. The molecule has 1 unspecified atom stereocenters. The zero-order chi connectivity index (χ0) is 22.7. The van der Waals surface area contributed by atoms with Gasteiger partial charge in [-0.3, -0.25) is 14.4 Å². The lowest BCUT2D eigenvalue weighted by Crippen LogP contribution is -2.39. The molecule has 2 amide bonds. The minimum atomic E-state index is -0.342. The molecule has 0 bridgehead atoms. The number of fused-ring (bicyclic) bond motifs is 1. The molecule has 0 aliphatic carbocycles. The van der Waals surface area contributed by atoms with E-state index >= 15 is 0 Å². The molecular weight excluding hydrogens is 394 g/mol. The summed E-state index contributed by atoms with van der Waals surface area (Å²) in [4.78, 5) is 42.2. The quantitative estimate of drug-likeness (QED) is 0.629. The monoisotopic (exact) mass is 425 g/mol. The third-order valence-corrected chi connectivity index (χ3v) is 6.05. The van der Waals surface area contributed by atoms with Crippen molar-refractivity contribution in [3.05, 3.63) is 51.1 Å². The average Bonchev–Trinajstić information content (AvgIpc) is 2.71. The van der Waals surface area contributed by atoms with Gasteiger partial charge < -0.3 is 20.9 Å². The van der Waals surface area contributed by atoms with Gasteiger partial charge in [0.2, 0.25) is 11.8 Å². The van der Waals surface area contributed by atoms with Gasteiger partial charge >= 0.3 is 0 Å². The fraction of sp³-hybridized carbons (Fsp3) is 0.478. The third kappa shape index (κ3) is 5.13. The van der Waals surface area contributed by atoms with E-state index in [2.05, 4.69) is 29.5 Å².